The van der Waals surface area contributed by atoms with Gasteiger partial charge in [0.15, 0.2) is 0 Å². The average molecular weight is 192 g/mol. The fraction of sp³-hybridized carbons (Fsp3) is 0.714. The molecule has 0 N–H and O–H groups in total. The van der Waals surface area contributed by atoms with Crippen LogP contribution in [0.3, 0.4) is 0 Å². The molecule has 0 bridgehead atoms. The second-order valence-corrected chi connectivity index (χ2v) is 4.87. The van der Waals surface area contributed by atoms with Crippen molar-refractivity contribution < 1.29 is 0 Å². The SMILES string of the molecule is CC(C)CC1C/C=C\C=C/CCCC1. The third-order valence-corrected chi connectivity index (χ3v) is 2.89. The van der Waals surface area contributed by atoms with Crippen LogP contribution in [0.2, 0.25) is 0 Å². The van der Waals surface area contributed by atoms with Gasteiger partial charge in [0, 0.05) is 0 Å². The van der Waals surface area contributed by atoms with Gasteiger partial charge in [-0.25, -0.2) is 0 Å². The summed E-state index contributed by atoms with van der Waals surface area (Å²) in [5, 5.41) is 0. The summed E-state index contributed by atoms with van der Waals surface area (Å²) in [7, 11) is 0. The highest BCUT2D eigenvalue weighted by molar-refractivity contribution is 5.03. The van der Waals surface area contributed by atoms with Crippen LogP contribution in [-0.2, 0) is 0 Å². The van der Waals surface area contributed by atoms with Gasteiger partial charge in [0.25, 0.3) is 0 Å². The average Bonchev–Trinajstić information content (AvgIpc) is 2.15. The van der Waals surface area contributed by atoms with Crippen LogP contribution in [0.1, 0.15) is 52.4 Å². The van der Waals surface area contributed by atoms with Crippen molar-refractivity contribution in [2.75, 3.05) is 0 Å². The lowest BCUT2D eigenvalue weighted by Gasteiger charge is -2.17. The molecular formula is C14H24. The molecule has 0 aliphatic heterocycles. The van der Waals surface area contributed by atoms with Crippen LogP contribution in [0.5, 0.6) is 0 Å². The highest BCUT2D eigenvalue weighted by atomic mass is 14.1. The molecule has 1 atom stereocenters. The van der Waals surface area contributed by atoms with Crippen molar-refractivity contribution >= 4 is 0 Å². The van der Waals surface area contributed by atoms with Crippen molar-refractivity contribution in [1.29, 1.82) is 0 Å². The maximum Gasteiger partial charge on any atom is -0.0319 e. The van der Waals surface area contributed by atoms with Crippen molar-refractivity contribution in [1.82, 2.24) is 0 Å². The monoisotopic (exact) mass is 192 g/mol. The third-order valence-electron chi connectivity index (χ3n) is 2.89. The summed E-state index contributed by atoms with van der Waals surface area (Å²) in [6.45, 7) is 4.67. The van der Waals surface area contributed by atoms with Gasteiger partial charge in [-0.1, -0.05) is 51.0 Å². The summed E-state index contributed by atoms with van der Waals surface area (Å²) in [6.07, 6.45) is 17.2. The van der Waals surface area contributed by atoms with E-state index in [-0.39, 0.29) is 0 Å². The lowest BCUT2D eigenvalue weighted by atomic mass is 9.89. The molecule has 14 heavy (non-hydrogen) atoms. The van der Waals surface area contributed by atoms with Crippen LogP contribution in [0.15, 0.2) is 24.3 Å². The minimum absolute atomic E-state index is 0.854. The van der Waals surface area contributed by atoms with E-state index in [9.17, 15) is 0 Å². The number of hydrogen-bond acceptors (Lipinski definition) is 0. The van der Waals surface area contributed by atoms with Gasteiger partial charge in [-0.05, 0) is 37.5 Å². The molecule has 0 amide bonds. The van der Waals surface area contributed by atoms with Crippen LogP contribution in [0, 0.1) is 11.8 Å². The zero-order chi connectivity index (χ0) is 10.2. The molecule has 80 valence electrons. The molecule has 0 spiro atoms. The van der Waals surface area contributed by atoms with E-state index in [2.05, 4.69) is 38.2 Å². The minimum Gasteiger partial charge on any atom is -0.0845 e. The Balaban J connectivity index is 2.39. The predicted octanol–water partition coefficient (Wildman–Crippen LogP) is 4.73. The molecular weight excluding hydrogens is 168 g/mol. The minimum atomic E-state index is 0.854. The van der Waals surface area contributed by atoms with Crippen molar-refractivity contribution in [3.63, 3.8) is 0 Å². The molecule has 0 fully saturated rings. The van der Waals surface area contributed by atoms with Crippen molar-refractivity contribution in [2.45, 2.75) is 52.4 Å². The highest BCUT2D eigenvalue weighted by Gasteiger charge is 2.09. The summed E-state index contributed by atoms with van der Waals surface area (Å²) in [6, 6.07) is 0. The maximum absolute atomic E-state index is 2.34. The summed E-state index contributed by atoms with van der Waals surface area (Å²) < 4.78 is 0. The molecule has 0 heterocycles. The lowest BCUT2D eigenvalue weighted by Crippen LogP contribution is -2.04. The molecule has 0 aromatic heterocycles. The van der Waals surface area contributed by atoms with Crippen molar-refractivity contribution in [3.05, 3.63) is 24.3 Å². The van der Waals surface area contributed by atoms with E-state index in [1.54, 1.807) is 0 Å². The van der Waals surface area contributed by atoms with Gasteiger partial charge in [0.2, 0.25) is 0 Å². The smallest absolute Gasteiger partial charge is 0.0319 e. The molecule has 0 nitrogen and oxygen atoms in total. The van der Waals surface area contributed by atoms with Crippen molar-refractivity contribution in [2.24, 2.45) is 11.8 Å². The van der Waals surface area contributed by atoms with E-state index in [0.717, 1.165) is 11.8 Å². The molecule has 0 saturated heterocycles. The Morgan fingerprint density at radius 3 is 2.71 bits per heavy atom. The largest absolute Gasteiger partial charge is 0.0845 e. The molecule has 1 aliphatic carbocycles. The molecule has 0 radical (unpaired) electrons. The molecule has 0 saturated carbocycles. The molecule has 1 rings (SSSR count). The first kappa shape index (κ1) is 11.6. The standard InChI is InChI=1S/C14H24/c1-13(2)12-14-10-8-6-4-3-5-7-9-11-14/h3-4,6,8,13-14H,5,7,9-12H2,1-2H3/b4-3-,8-6-. The summed E-state index contributed by atoms with van der Waals surface area (Å²) in [5.74, 6) is 1.78. The highest BCUT2D eigenvalue weighted by Crippen LogP contribution is 2.23. The maximum atomic E-state index is 2.34. The van der Waals surface area contributed by atoms with E-state index in [1.807, 2.05) is 0 Å². The van der Waals surface area contributed by atoms with Gasteiger partial charge in [-0.15, -0.1) is 0 Å². The second-order valence-electron chi connectivity index (χ2n) is 4.87. The molecule has 0 aromatic rings. The Kier molecular flexibility index (Phi) is 5.66. The predicted molar refractivity (Wildman–Crippen MR) is 64.3 cm³/mol. The Morgan fingerprint density at radius 1 is 1.14 bits per heavy atom. The first-order chi connectivity index (χ1) is 6.79. The van der Waals surface area contributed by atoms with Crippen LogP contribution >= 0.6 is 0 Å². The first-order valence-electron chi connectivity index (χ1n) is 6.10. The number of allylic oxidation sites excluding steroid dienone is 4. The fourth-order valence-electron chi connectivity index (χ4n) is 2.22. The Labute approximate surface area is 89.1 Å². The third kappa shape index (κ3) is 5.26. The van der Waals surface area contributed by atoms with Gasteiger partial charge in [-0.2, -0.15) is 0 Å². The normalized spacial score (nSPS) is 28.6. The Bertz CT molecular complexity index is 186. The quantitative estimate of drug-likeness (QED) is 0.593. The van der Waals surface area contributed by atoms with E-state index in [4.69, 9.17) is 0 Å². The fourth-order valence-corrected chi connectivity index (χ4v) is 2.22. The van der Waals surface area contributed by atoms with E-state index < -0.39 is 0 Å². The van der Waals surface area contributed by atoms with Gasteiger partial charge < -0.3 is 0 Å². The van der Waals surface area contributed by atoms with Gasteiger partial charge >= 0.3 is 0 Å². The zero-order valence-electron chi connectivity index (χ0n) is 9.71. The molecule has 1 unspecified atom stereocenters. The van der Waals surface area contributed by atoms with Gasteiger partial charge in [-0.3, -0.25) is 0 Å². The summed E-state index contributed by atoms with van der Waals surface area (Å²) in [5.41, 5.74) is 0. The van der Waals surface area contributed by atoms with E-state index in [0.29, 0.717) is 0 Å². The van der Waals surface area contributed by atoms with Crippen LogP contribution in [-0.4, -0.2) is 0 Å². The molecule has 0 heteroatoms. The summed E-state index contributed by atoms with van der Waals surface area (Å²) >= 11 is 0. The Morgan fingerprint density at radius 2 is 1.93 bits per heavy atom. The number of hydrogen-bond donors (Lipinski definition) is 0. The van der Waals surface area contributed by atoms with E-state index >= 15 is 0 Å². The van der Waals surface area contributed by atoms with Crippen molar-refractivity contribution in [3.8, 4) is 0 Å². The molecule has 1 aliphatic rings. The van der Waals surface area contributed by atoms with Gasteiger partial charge in [0.05, 0.1) is 0 Å². The number of rotatable bonds is 2. The Hall–Kier alpha value is -0.520. The summed E-state index contributed by atoms with van der Waals surface area (Å²) in [4.78, 5) is 0. The van der Waals surface area contributed by atoms with E-state index in [1.165, 1.54) is 38.5 Å². The second kappa shape index (κ2) is 6.86. The molecule has 0 aromatic carbocycles. The van der Waals surface area contributed by atoms with Gasteiger partial charge in [0.1, 0.15) is 0 Å². The van der Waals surface area contributed by atoms with Crippen LogP contribution in [0.4, 0.5) is 0 Å². The van der Waals surface area contributed by atoms with Crippen LogP contribution < -0.4 is 0 Å². The first-order valence-corrected chi connectivity index (χ1v) is 6.10. The van der Waals surface area contributed by atoms with Crippen LogP contribution in [0.25, 0.3) is 0 Å². The zero-order valence-corrected chi connectivity index (χ0v) is 9.71. The lowest BCUT2D eigenvalue weighted by molar-refractivity contribution is 0.377. The topological polar surface area (TPSA) is 0 Å².